The van der Waals surface area contributed by atoms with Crippen molar-refractivity contribution in [3.8, 4) is 5.69 Å². The molecule has 0 atom stereocenters. The molecule has 0 aliphatic carbocycles. The Morgan fingerprint density at radius 3 is 2.33 bits per heavy atom. The Labute approximate surface area is 119 Å². The fraction of sp³-hybridized carbons (Fsp3) is 0. The molecule has 0 amide bonds. The van der Waals surface area contributed by atoms with Gasteiger partial charge in [0.25, 0.3) is 0 Å². The molecule has 108 valence electrons. The second-order valence-corrected chi connectivity index (χ2v) is 3.97. The molecule has 0 spiro atoms. The van der Waals surface area contributed by atoms with Crippen molar-refractivity contribution in [2.45, 2.75) is 0 Å². The number of carboxylic acids is 1. The van der Waals surface area contributed by atoms with Crippen molar-refractivity contribution < 1.29 is 9.90 Å². The average Bonchev–Trinajstić information content (AvgIpc) is 2.88. The molecule has 1 heterocycles. The lowest BCUT2D eigenvalue weighted by Crippen LogP contribution is -2.26. The van der Waals surface area contributed by atoms with Crippen molar-refractivity contribution in [3.63, 3.8) is 0 Å². The fourth-order valence-electron chi connectivity index (χ4n) is 1.55. The van der Waals surface area contributed by atoms with Gasteiger partial charge in [-0.2, -0.15) is 10.1 Å². The first kappa shape index (κ1) is 14.1. The highest BCUT2D eigenvalue weighted by atomic mass is 16.4. The zero-order valence-electron chi connectivity index (χ0n) is 10.8. The number of nitrogens with zero attached hydrogens (tertiary/aromatic N) is 4. The van der Waals surface area contributed by atoms with Crippen molar-refractivity contribution in [2.75, 3.05) is 0 Å². The molecule has 2 rings (SSSR count). The van der Waals surface area contributed by atoms with Gasteiger partial charge in [-0.25, -0.2) is 14.5 Å². The third-order valence-electron chi connectivity index (χ3n) is 2.41. The van der Waals surface area contributed by atoms with Crippen LogP contribution in [0.4, 0.5) is 5.69 Å². The number of carbonyl (C=O) groups is 1. The maximum absolute atomic E-state index is 10.8. The Morgan fingerprint density at radius 1 is 1.14 bits per heavy atom. The van der Waals surface area contributed by atoms with Gasteiger partial charge in [0.2, 0.25) is 5.96 Å². The highest BCUT2D eigenvalue weighted by Gasteiger charge is 2.07. The average molecular weight is 287 g/mol. The Hall–Kier alpha value is -3.36. The number of hydrogen-bond donors (Lipinski definition) is 4. The molecule has 0 bridgehead atoms. The molecule has 0 aliphatic rings. The standard InChI is InChI=1S/C12H13N7O2/c13-11(14)17-12(15)16-7-1-3-8(4-2-7)19-6-5-9(18-19)10(20)21/h1-6H,(H,20,21)(H6,13,14,15,16,17). The first-order chi connectivity index (χ1) is 9.95. The molecule has 9 nitrogen and oxygen atoms in total. The van der Waals surface area contributed by atoms with Gasteiger partial charge < -0.3 is 22.3 Å². The molecule has 0 unspecified atom stereocenters. The van der Waals surface area contributed by atoms with Crippen molar-refractivity contribution in [1.29, 1.82) is 0 Å². The van der Waals surface area contributed by atoms with E-state index in [0.717, 1.165) is 0 Å². The molecule has 0 radical (unpaired) electrons. The Bertz CT molecular complexity index is 711. The predicted molar refractivity (Wildman–Crippen MR) is 77.6 cm³/mol. The van der Waals surface area contributed by atoms with Crippen LogP contribution in [-0.2, 0) is 0 Å². The van der Waals surface area contributed by atoms with Crippen molar-refractivity contribution in [3.05, 3.63) is 42.2 Å². The van der Waals surface area contributed by atoms with Crippen LogP contribution < -0.4 is 17.2 Å². The number of hydrogen-bond acceptors (Lipinski definition) is 3. The lowest BCUT2D eigenvalue weighted by atomic mass is 10.3. The van der Waals surface area contributed by atoms with Gasteiger partial charge in [-0.05, 0) is 30.3 Å². The van der Waals surface area contributed by atoms with Crippen LogP contribution in [0.2, 0.25) is 0 Å². The molecule has 0 aliphatic heterocycles. The Kier molecular flexibility index (Phi) is 3.84. The van der Waals surface area contributed by atoms with Crippen molar-refractivity contribution in [2.24, 2.45) is 27.2 Å². The summed E-state index contributed by atoms with van der Waals surface area (Å²) in [6, 6.07) is 8.17. The van der Waals surface area contributed by atoms with Gasteiger partial charge in [-0.3, -0.25) is 0 Å². The number of nitrogens with two attached hydrogens (primary N) is 3. The van der Waals surface area contributed by atoms with Crippen LogP contribution in [0.15, 0.2) is 46.5 Å². The molecular weight excluding hydrogens is 274 g/mol. The molecule has 0 saturated heterocycles. The lowest BCUT2D eigenvalue weighted by Gasteiger charge is -2.01. The van der Waals surface area contributed by atoms with E-state index in [2.05, 4.69) is 15.1 Å². The largest absolute Gasteiger partial charge is 0.476 e. The number of aliphatic imine (C=N–C) groups is 2. The number of aromatic nitrogens is 2. The van der Waals surface area contributed by atoms with Gasteiger partial charge >= 0.3 is 5.97 Å². The minimum atomic E-state index is -1.08. The first-order valence-electron chi connectivity index (χ1n) is 5.79. The van der Waals surface area contributed by atoms with E-state index in [4.69, 9.17) is 22.3 Å². The number of guanidine groups is 2. The number of carboxylic acid groups (broad SMARTS) is 1. The van der Waals surface area contributed by atoms with E-state index in [9.17, 15) is 4.79 Å². The Morgan fingerprint density at radius 2 is 1.81 bits per heavy atom. The molecule has 1 aromatic carbocycles. The van der Waals surface area contributed by atoms with E-state index in [-0.39, 0.29) is 17.6 Å². The Balaban J connectivity index is 2.22. The summed E-state index contributed by atoms with van der Waals surface area (Å²) in [5, 5.41) is 12.7. The maximum Gasteiger partial charge on any atom is 0.356 e. The number of benzene rings is 1. The van der Waals surface area contributed by atoms with Crippen LogP contribution >= 0.6 is 0 Å². The van der Waals surface area contributed by atoms with E-state index in [0.29, 0.717) is 11.4 Å². The minimum Gasteiger partial charge on any atom is -0.476 e. The van der Waals surface area contributed by atoms with Crippen molar-refractivity contribution in [1.82, 2.24) is 9.78 Å². The third kappa shape index (κ3) is 3.56. The topological polar surface area (TPSA) is 158 Å². The molecule has 7 N–H and O–H groups in total. The predicted octanol–water partition coefficient (Wildman–Crippen LogP) is -0.210. The summed E-state index contributed by atoms with van der Waals surface area (Å²) in [5.74, 6) is -1.32. The summed E-state index contributed by atoms with van der Waals surface area (Å²) >= 11 is 0. The molecule has 1 aromatic heterocycles. The summed E-state index contributed by atoms with van der Waals surface area (Å²) in [6.45, 7) is 0. The summed E-state index contributed by atoms with van der Waals surface area (Å²) in [7, 11) is 0. The zero-order valence-corrected chi connectivity index (χ0v) is 10.8. The summed E-state index contributed by atoms with van der Waals surface area (Å²) in [4.78, 5) is 18.4. The van der Waals surface area contributed by atoms with Crippen LogP contribution in [0.25, 0.3) is 5.69 Å². The van der Waals surface area contributed by atoms with Gasteiger partial charge in [0.1, 0.15) is 0 Å². The van der Waals surface area contributed by atoms with Gasteiger partial charge in [0, 0.05) is 6.20 Å². The van der Waals surface area contributed by atoms with Gasteiger partial charge in [0.15, 0.2) is 11.7 Å². The van der Waals surface area contributed by atoms with Crippen LogP contribution in [0.1, 0.15) is 10.5 Å². The quantitative estimate of drug-likeness (QED) is 0.451. The van der Waals surface area contributed by atoms with E-state index in [1.165, 1.54) is 10.7 Å². The zero-order chi connectivity index (χ0) is 15.4. The second kappa shape index (κ2) is 5.74. The molecule has 2 aromatic rings. The summed E-state index contributed by atoms with van der Waals surface area (Å²) in [6.07, 6.45) is 1.55. The smallest absolute Gasteiger partial charge is 0.356 e. The van der Waals surface area contributed by atoms with E-state index >= 15 is 0 Å². The minimum absolute atomic E-state index is 0.0332. The number of rotatable bonds is 3. The van der Waals surface area contributed by atoms with E-state index in [1.54, 1.807) is 30.5 Å². The van der Waals surface area contributed by atoms with Crippen LogP contribution in [0.3, 0.4) is 0 Å². The number of aromatic carboxylic acids is 1. The van der Waals surface area contributed by atoms with Crippen LogP contribution in [0.5, 0.6) is 0 Å². The van der Waals surface area contributed by atoms with Crippen LogP contribution in [-0.4, -0.2) is 32.8 Å². The highest BCUT2D eigenvalue weighted by Crippen LogP contribution is 2.15. The highest BCUT2D eigenvalue weighted by molar-refractivity contribution is 5.93. The lowest BCUT2D eigenvalue weighted by molar-refractivity contribution is 0.0690. The molecular formula is C12H13N7O2. The van der Waals surface area contributed by atoms with Crippen molar-refractivity contribution >= 4 is 23.6 Å². The third-order valence-corrected chi connectivity index (χ3v) is 2.41. The SMILES string of the molecule is NC(N)=NC(N)=Nc1ccc(-n2ccc(C(=O)O)n2)cc1. The van der Waals surface area contributed by atoms with Crippen LogP contribution in [0, 0.1) is 0 Å². The van der Waals surface area contributed by atoms with Gasteiger partial charge in [-0.15, -0.1) is 0 Å². The molecule has 0 fully saturated rings. The van der Waals surface area contributed by atoms with Gasteiger partial charge in [-0.1, -0.05) is 0 Å². The normalized spacial score (nSPS) is 11.1. The maximum atomic E-state index is 10.8. The summed E-state index contributed by atoms with van der Waals surface area (Å²) < 4.78 is 1.44. The second-order valence-electron chi connectivity index (χ2n) is 3.97. The van der Waals surface area contributed by atoms with E-state index < -0.39 is 5.97 Å². The molecule has 0 saturated carbocycles. The monoisotopic (exact) mass is 287 g/mol. The summed E-state index contributed by atoms with van der Waals surface area (Å²) in [5.41, 5.74) is 17.1. The molecule has 9 heteroatoms. The van der Waals surface area contributed by atoms with E-state index in [1.807, 2.05) is 0 Å². The van der Waals surface area contributed by atoms with Gasteiger partial charge in [0.05, 0.1) is 11.4 Å². The fourth-order valence-corrected chi connectivity index (χ4v) is 1.55. The first-order valence-corrected chi connectivity index (χ1v) is 5.79. The molecule has 21 heavy (non-hydrogen) atoms.